The monoisotopic (exact) mass is 272 g/mol. The predicted octanol–water partition coefficient (Wildman–Crippen LogP) is 3.09. The fourth-order valence-corrected chi connectivity index (χ4v) is 3.24. The van der Waals surface area contributed by atoms with Crippen molar-refractivity contribution in [3.8, 4) is 0 Å². The fraction of sp³-hybridized carbons (Fsp3) is 0.588. The molecule has 0 spiro atoms. The number of carbonyl (C=O) groups is 1. The number of carbonyl (C=O) groups excluding carboxylic acids is 1. The van der Waals surface area contributed by atoms with E-state index in [1.54, 1.807) is 0 Å². The molecule has 2 atom stereocenters. The summed E-state index contributed by atoms with van der Waals surface area (Å²) in [4.78, 5) is 14.8. The quantitative estimate of drug-likeness (QED) is 0.893. The molecule has 1 aliphatic carbocycles. The summed E-state index contributed by atoms with van der Waals surface area (Å²) in [6.45, 7) is 3.13. The lowest BCUT2D eigenvalue weighted by Gasteiger charge is -2.33. The van der Waals surface area contributed by atoms with Gasteiger partial charge in [0.05, 0.1) is 6.17 Å². The third kappa shape index (κ3) is 2.59. The maximum atomic E-state index is 12.7. The van der Waals surface area contributed by atoms with E-state index in [0.717, 1.165) is 30.9 Å². The van der Waals surface area contributed by atoms with E-state index in [1.807, 2.05) is 30.3 Å². The van der Waals surface area contributed by atoms with E-state index in [0.29, 0.717) is 0 Å². The van der Waals surface area contributed by atoms with E-state index in [1.165, 1.54) is 19.3 Å². The Kier molecular flexibility index (Phi) is 4.06. The van der Waals surface area contributed by atoms with Crippen molar-refractivity contribution in [2.75, 3.05) is 6.54 Å². The molecule has 1 heterocycles. The van der Waals surface area contributed by atoms with Crippen molar-refractivity contribution in [1.29, 1.82) is 0 Å². The number of hydrogen-bond donors (Lipinski definition) is 1. The van der Waals surface area contributed by atoms with E-state index in [9.17, 15) is 4.79 Å². The van der Waals surface area contributed by atoms with Gasteiger partial charge < -0.3 is 4.90 Å². The average molecular weight is 272 g/mol. The molecule has 0 bridgehead atoms. The molecule has 20 heavy (non-hydrogen) atoms. The Hall–Kier alpha value is -1.35. The zero-order chi connectivity index (χ0) is 13.9. The van der Waals surface area contributed by atoms with Crippen molar-refractivity contribution in [2.45, 2.75) is 51.2 Å². The Balaban J connectivity index is 1.75. The summed E-state index contributed by atoms with van der Waals surface area (Å²) in [5, 5.41) is 3.54. The number of hydrogen-bond acceptors (Lipinski definition) is 2. The maximum Gasteiger partial charge on any atom is 0.245 e. The summed E-state index contributed by atoms with van der Waals surface area (Å²) in [7, 11) is 0. The fourth-order valence-electron chi connectivity index (χ4n) is 3.24. The highest BCUT2D eigenvalue weighted by molar-refractivity contribution is 5.85. The van der Waals surface area contributed by atoms with Gasteiger partial charge in [0.1, 0.15) is 6.04 Å². The molecule has 108 valence electrons. The van der Waals surface area contributed by atoms with Crippen LogP contribution in [0.5, 0.6) is 0 Å². The first-order valence-electron chi connectivity index (χ1n) is 7.91. The minimum Gasteiger partial charge on any atom is -0.325 e. The molecule has 1 aliphatic heterocycles. The third-order valence-corrected chi connectivity index (χ3v) is 4.64. The van der Waals surface area contributed by atoms with Crippen LogP contribution in [0.3, 0.4) is 0 Å². The lowest BCUT2D eigenvalue weighted by Crippen LogP contribution is -2.41. The number of nitrogens with one attached hydrogen (secondary N) is 1. The second-order valence-electron chi connectivity index (χ2n) is 6.10. The molecule has 2 unspecified atom stereocenters. The first-order valence-corrected chi connectivity index (χ1v) is 7.91. The number of amides is 1. The number of benzene rings is 1. The Morgan fingerprint density at radius 2 is 2.00 bits per heavy atom. The van der Waals surface area contributed by atoms with Crippen LogP contribution >= 0.6 is 0 Å². The Bertz CT molecular complexity index is 455. The molecular formula is C17H24N2O. The van der Waals surface area contributed by atoms with Crippen LogP contribution in [0.1, 0.15) is 50.6 Å². The molecule has 3 heteroatoms. The van der Waals surface area contributed by atoms with Gasteiger partial charge in [-0.25, -0.2) is 0 Å². The smallest absolute Gasteiger partial charge is 0.245 e. The first-order chi connectivity index (χ1) is 9.79. The van der Waals surface area contributed by atoms with Crippen LogP contribution < -0.4 is 5.32 Å². The Morgan fingerprint density at radius 1 is 1.25 bits per heavy atom. The molecule has 2 aliphatic rings. The maximum absolute atomic E-state index is 12.7. The molecule has 0 aromatic heterocycles. The van der Waals surface area contributed by atoms with Gasteiger partial charge in [0.25, 0.3) is 0 Å². The van der Waals surface area contributed by atoms with Crippen molar-refractivity contribution in [2.24, 2.45) is 5.92 Å². The number of nitrogens with zero attached hydrogens (tertiary/aromatic N) is 1. The van der Waals surface area contributed by atoms with Crippen LogP contribution in [-0.2, 0) is 4.79 Å². The highest BCUT2D eigenvalue weighted by Gasteiger charge is 2.40. The van der Waals surface area contributed by atoms with Crippen molar-refractivity contribution in [3.63, 3.8) is 0 Å². The molecule has 3 rings (SSSR count). The van der Waals surface area contributed by atoms with E-state index < -0.39 is 0 Å². The molecule has 1 aromatic carbocycles. The van der Waals surface area contributed by atoms with Crippen molar-refractivity contribution < 1.29 is 4.79 Å². The highest BCUT2D eigenvalue weighted by Crippen LogP contribution is 2.32. The summed E-state index contributed by atoms with van der Waals surface area (Å²) in [6, 6.07) is 9.96. The normalized spacial score (nSPS) is 26.9. The van der Waals surface area contributed by atoms with Crippen molar-refractivity contribution >= 4 is 5.91 Å². The van der Waals surface area contributed by atoms with Crippen LogP contribution in [0.25, 0.3) is 0 Å². The largest absolute Gasteiger partial charge is 0.325 e. The summed E-state index contributed by atoms with van der Waals surface area (Å²) < 4.78 is 0. The molecule has 3 nitrogen and oxygen atoms in total. The topological polar surface area (TPSA) is 32.3 Å². The van der Waals surface area contributed by atoms with Gasteiger partial charge in [-0.15, -0.1) is 0 Å². The Morgan fingerprint density at radius 3 is 2.60 bits per heavy atom. The Labute approximate surface area is 121 Å². The summed E-state index contributed by atoms with van der Waals surface area (Å²) in [5.74, 6) is 0.996. The molecule has 1 saturated carbocycles. The van der Waals surface area contributed by atoms with E-state index in [-0.39, 0.29) is 18.1 Å². The second-order valence-corrected chi connectivity index (χ2v) is 6.10. The van der Waals surface area contributed by atoms with Crippen molar-refractivity contribution in [3.05, 3.63) is 35.9 Å². The lowest BCUT2D eigenvalue weighted by molar-refractivity contribution is -0.131. The summed E-state index contributed by atoms with van der Waals surface area (Å²) in [5.41, 5.74) is 1.09. The van der Waals surface area contributed by atoms with E-state index >= 15 is 0 Å². The molecule has 1 amide bonds. The number of rotatable bonds is 5. The SMILES string of the molecule is CCCC1NC(c2ccccc2)C(=O)N1CC1CCC1. The summed E-state index contributed by atoms with van der Waals surface area (Å²) in [6.07, 6.45) is 6.28. The van der Waals surface area contributed by atoms with Gasteiger partial charge in [-0.1, -0.05) is 50.1 Å². The van der Waals surface area contributed by atoms with Crippen LogP contribution in [0.15, 0.2) is 30.3 Å². The van der Waals surface area contributed by atoms with Gasteiger partial charge in [-0.2, -0.15) is 0 Å². The van der Waals surface area contributed by atoms with Gasteiger partial charge in [-0.3, -0.25) is 10.1 Å². The lowest BCUT2D eigenvalue weighted by atomic mass is 9.85. The van der Waals surface area contributed by atoms with Gasteiger partial charge in [0.15, 0.2) is 0 Å². The second kappa shape index (κ2) is 5.96. The minimum absolute atomic E-state index is 0.146. The third-order valence-electron chi connectivity index (χ3n) is 4.64. The molecule has 0 radical (unpaired) electrons. The van der Waals surface area contributed by atoms with Gasteiger partial charge >= 0.3 is 0 Å². The van der Waals surface area contributed by atoms with Gasteiger partial charge in [0.2, 0.25) is 5.91 Å². The molecule has 2 fully saturated rings. The van der Waals surface area contributed by atoms with E-state index in [2.05, 4.69) is 17.1 Å². The molecular weight excluding hydrogens is 248 g/mol. The molecule has 1 saturated heterocycles. The van der Waals surface area contributed by atoms with Crippen LogP contribution in [0.4, 0.5) is 0 Å². The van der Waals surface area contributed by atoms with E-state index in [4.69, 9.17) is 0 Å². The highest BCUT2D eigenvalue weighted by atomic mass is 16.2. The van der Waals surface area contributed by atoms with Gasteiger partial charge in [-0.05, 0) is 30.7 Å². The van der Waals surface area contributed by atoms with Crippen LogP contribution in [0, 0.1) is 5.92 Å². The molecule has 1 aromatic rings. The van der Waals surface area contributed by atoms with Crippen LogP contribution in [-0.4, -0.2) is 23.5 Å². The van der Waals surface area contributed by atoms with Gasteiger partial charge in [0, 0.05) is 6.54 Å². The zero-order valence-corrected chi connectivity index (χ0v) is 12.2. The predicted molar refractivity (Wildman–Crippen MR) is 80.1 cm³/mol. The minimum atomic E-state index is -0.146. The molecule has 1 N–H and O–H groups in total. The summed E-state index contributed by atoms with van der Waals surface area (Å²) >= 11 is 0. The van der Waals surface area contributed by atoms with Crippen LogP contribution in [0.2, 0.25) is 0 Å². The average Bonchev–Trinajstić information content (AvgIpc) is 2.72. The first kappa shape index (κ1) is 13.6. The standard InChI is InChI=1S/C17H24N2O/c1-2-7-15-18-16(14-10-4-3-5-11-14)17(20)19(15)12-13-8-6-9-13/h3-5,10-11,13,15-16,18H,2,6-9,12H2,1H3. The van der Waals surface area contributed by atoms with Crippen molar-refractivity contribution in [1.82, 2.24) is 10.2 Å². The zero-order valence-electron chi connectivity index (χ0n) is 12.2.